The summed E-state index contributed by atoms with van der Waals surface area (Å²) in [6.07, 6.45) is 0.799. The van der Waals surface area contributed by atoms with E-state index in [4.69, 9.17) is 5.11 Å². The third-order valence-electron chi connectivity index (χ3n) is 2.79. The second kappa shape index (κ2) is 5.10. The minimum Gasteiger partial charge on any atom is -0.394 e. The maximum Gasteiger partial charge on any atom is 0.0774 e. The third-order valence-corrected chi connectivity index (χ3v) is 2.79. The van der Waals surface area contributed by atoms with Crippen LogP contribution in [0.15, 0.2) is 42.5 Å². The summed E-state index contributed by atoms with van der Waals surface area (Å²) in [5, 5.41) is 20.5. The predicted octanol–water partition coefficient (Wildman–Crippen LogP) is 2.13. The first kappa shape index (κ1) is 11.1. The minimum absolute atomic E-state index is 0.159. The Hall–Kier alpha value is -1.38. The highest BCUT2D eigenvalue weighted by atomic mass is 16.3. The van der Waals surface area contributed by atoms with Gasteiger partial charge in [-0.1, -0.05) is 42.5 Å². The van der Waals surface area contributed by atoms with Crippen molar-refractivity contribution in [2.75, 3.05) is 6.61 Å². The van der Waals surface area contributed by atoms with Crippen LogP contribution in [0.5, 0.6) is 0 Å². The number of fused-ring (bicyclic) bond motifs is 1. The van der Waals surface area contributed by atoms with Crippen LogP contribution >= 0.6 is 0 Å². The van der Waals surface area contributed by atoms with Crippen LogP contribution < -0.4 is 0 Å². The first-order valence-electron chi connectivity index (χ1n) is 5.56. The SMILES string of the molecule is OCC(O)CCc1ccc2ccccc2c1. The fourth-order valence-electron chi connectivity index (χ4n) is 1.82. The van der Waals surface area contributed by atoms with Gasteiger partial charge in [0.25, 0.3) is 0 Å². The first-order valence-corrected chi connectivity index (χ1v) is 5.56. The van der Waals surface area contributed by atoms with Crippen molar-refractivity contribution in [2.45, 2.75) is 18.9 Å². The van der Waals surface area contributed by atoms with Crippen molar-refractivity contribution in [2.24, 2.45) is 0 Å². The van der Waals surface area contributed by atoms with Crippen molar-refractivity contribution in [3.8, 4) is 0 Å². The largest absolute Gasteiger partial charge is 0.394 e. The summed E-state index contributed by atoms with van der Waals surface area (Å²) >= 11 is 0. The van der Waals surface area contributed by atoms with E-state index < -0.39 is 6.10 Å². The van der Waals surface area contributed by atoms with Gasteiger partial charge in [-0.25, -0.2) is 0 Å². The van der Waals surface area contributed by atoms with Gasteiger partial charge >= 0.3 is 0 Å². The zero-order chi connectivity index (χ0) is 11.4. The molecule has 0 heterocycles. The van der Waals surface area contributed by atoms with Gasteiger partial charge in [-0.2, -0.15) is 0 Å². The Balaban J connectivity index is 2.13. The molecule has 2 heteroatoms. The van der Waals surface area contributed by atoms with Gasteiger partial charge in [0, 0.05) is 0 Å². The first-order chi connectivity index (χ1) is 7.79. The van der Waals surface area contributed by atoms with E-state index in [1.54, 1.807) is 0 Å². The topological polar surface area (TPSA) is 40.5 Å². The van der Waals surface area contributed by atoms with E-state index in [-0.39, 0.29) is 6.61 Å². The summed E-state index contributed by atoms with van der Waals surface area (Å²) in [5.74, 6) is 0. The highest BCUT2D eigenvalue weighted by molar-refractivity contribution is 5.82. The highest BCUT2D eigenvalue weighted by Gasteiger charge is 2.02. The third kappa shape index (κ3) is 2.60. The molecule has 0 aliphatic carbocycles. The number of hydrogen-bond acceptors (Lipinski definition) is 2. The predicted molar refractivity (Wildman–Crippen MR) is 65.4 cm³/mol. The van der Waals surface area contributed by atoms with Crippen LogP contribution in [-0.2, 0) is 6.42 Å². The number of hydrogen-bond donors (Lipinski definition) is 2. The zero-order valence-electron chi connectivity index (χ0n) is 9.13. The van der Waals surface area contributed by atoms with Gasteiger partial charge in [0.15, 0.2) is 0 Å². The monoisotopic (exact) mass is 216 g/mol. The second-order valence-corrected chi connectivity index (χ2v) is 4.06. The van der Waals surface area contributed by atoms with Crippen molar-refractivity contribution in [1.82, 2.24) is 0 Å². The average Bonchev–Trinajstić information content (AvgIpc) is 2.35. The van der Waals surface area contributed by atoms with Crippen LogP contribution in [-0.4, -0.2) is 22.9 Å². The molecule has 0 amide bonds. The molecule has 0 aliphatic heterocycles. The van der Waals surface area contributed by atoms with Gasteiger partial charge in [-0.3, -0.25) is 0 Å². The van der Waals surface area contributed by atoms with Crippen LogP contribution in [0.4, 0.5) is 0 Å². The fourth-order valence-corrected chi connectivity index (χ4v) is 1.82. The van der Waals surface area contributed by atoms with Crippen molar-refractivity contribution in [1.29, 1.82) is 0 Å². The Kier molecular flexibility index (Phi) is 3.54. The molecule has 16 heavy (non-hydrogen) atoms. The molecule has 0 bridgehead atoms. The summed E-state index contributed by atoms with van der Waals surface area (Å²) in [6.45, 7) is -0.159. The molecule has 1 unspecified atom stereocenters. The van der Waals surface area contributed by atoms with E-state index in [1.807, 2.05) is 12.1 Å². The van der Waals surface area contributed by atoms with E-state index in [2.05, 4.69) is 30.3 Å². The summed E-state index contributed by atoms with van der Waals surface area (Å²) in [7, 11) is 0. The second-order valence-electron chi connectivity index (χ2n) is 4.06. The number of aliphatic hydroxyl groups excluding tert-OH is 2. The molecule has 2 N–H and O–H groups in total. The summed E-state index contributed by atoms with van der Waals surface area (Å²) < 4.78 is 0. The van der Waals surface area contributed by atoms with E-state index in [0.717, 1.165) is 6.42 Å². The smallest absolute Gasteiger partial charge is 0.0774 e. The zero-order valence-corrected chi connectivity index (χ0v) is 9.13. The molecule has 0 spiro atoms. The molecule has 2 aromatic carbocycles. The Bertz CT molecular complexity index is 465. The van der Waals surface area contributed by atoms with Crippen LogP contribution in [0, 0.1) is 0 Å². The normalized spacial score (nSPS) is 12.9. The molecule has 0 saturated carbocycles. The summed E-state index contributed by atoms with van der Waals surface area (Å²) in [5.41, 5.74) is 1.20. The van der Waals surface area contributed by atoms with Gasteiger partial charge < -0.3 is 10.2 Å². The molecular weight excluding hydrogens is 200 g/mol. The quantitative estimate of drug-likeness (QED) is 0.822. The van der Waals surface area contributed by atoms with Gasteiger partial charge in [-0.15, -0.1) is 0 Å². The molecule has 0 aromatic heterocycles. The standard InChI is InChI=1S/C14H16O2/c15-10-14(16)8-6-11-5-7-12-3-1-2-4-13(12)9-11/h1-5,7,9,14-16H,6,8,10H2. The Morgan fingerprint density at radius 3 is 2.50 bits per heavy atom. The molecule has 2 rings (SSSR count). The van der Waals surface area contributed by atoms with E-state index >= 15 is 0 Å². The molecule has 0 aliphatic rings. The number of rotatable bonds is 4. The van der Waals surface area contributed by atoms with E-state index in [1.165, 1.54) is 16.3 Å². The highest BCUT2D eigenvalue weighted by Crippen LogP contribution is 2.16. The van der Waals surface area contributed by atoms with E-state index in [0.29, 0.717) is 6.42 Å². The molecule has 84 valence electrons. The Labute approximate surface area is 95.2 Å². The van der Waals surface area contributed by atoms with Crippen LogP contribution in [0.3, 0.4) is 0 Å². The molecule has 1 atom stereocenters. The van der Waals surface area contributed by atoms with Crippen molar-refractivity contribution in [3.63, 3.8) is 0 Å². The van der Waals surface area contributed by atoms with Gasteiger partial charge in [0.05, 0.1) is 12.7 Å². The number of benzene rings is 2. The molecule has 2 aromatic rings. The maximum atomic E-state index is 9.28. The maximum absolute atomic E-state index is 9.28. The molecular formula is C14H16O2. The lowest BCUT2D eigenvalue weighted by molar-refractivity contribution is 0.0886. The number of aryl methyl sites for hydroxylation is 1. The van der Waals surface area contributed by atoms with Crippen molar-refractivity contribution < 1.29 is 10.2 Å². The Morgan fingerprint density at radius 2 is 1.75 bits per heavy atom. The number of aliphatic hydroxyl groups is 2. The summed E-state index contributed by atoms with van der Waals surface area (Å²) in [4.78, 5) is 0. The minimum atomic E-state index is -0.605. The lowest BCUT2D eigenvalue weighted by atomic mass is 10.0. The van der Waals surface area contributed by atoms with Crippen LogP contribution in [0.1, 0.15) is 12.0 Å². The van der Waals surface area contributed by atoms with Gasteiger partial charge in [0.2, 0.25) is 0 Å². The van der Waals surface area contributed by atoms with Crippen molar-refractivity contribution >= 4 is 10.8 Å². The fraction of sp³-hybridized carbons (Fsp3) is 0.286. The van der Waals surface area contributed by atoms with Gasteiger partial charge in [-0.05, 0) is 29.2 Å². The van der Waals surface area contributed by atoms with Crippen LogP contribution in [0.2, 0.25) is 0 Å². The molecule has 2 nitrogen and oxygen atoms in total. The molecule has 0 radical (unpaired) electrons. The lowest BCUT2D eigenvalue weighted by Crippen LogP contribution is -2.12. The lowest BCUT2D eigenvalue weighted by Gasteiger charge is -2.07. The van der Waals surface area contributed by atoms with Crippen molar-refractivity contribution in [3.05, 3.63) is 48.0 Å². The van der Waals surface area contributed by atoms with Crippen LogP contribution in [0.25, 0.3) is 10.8 Å². The molecule has 0 fully saturated rings. The molecule has 0 saturated heterocycles. The van der Waals surface area contributed by atoms with E-state index in [9.17, 15) is 5.11 Å². The Morgan fingerprint density at radius 1 is 1.00 bits per heavy atom. The van der Waals surface area contributed by atoms with Gasteiger partial charge in [0.1, 0.15) is 0 Å². The average molecular weight is 216 g/mol. The summed E-state index contributed by atoms with van der Waals surface area (Å²) in [6, 6.07) is 14.5.